The Balaban J connectivity index is 1.45. The van der Waals surface area contributed by atoms with Crippen molar-refractivity contribution >= 4 is 22.6 Å². The smallest absolute Gasteiger partial charge is 0.129 e. The van der Waals surface area contributed by atoms with Crippen LogP contribution in [0.1, 0.15) is 18.1 Å². The first-order valence-corrected chi connectivity index (χ1v) is 10.8. The highest BCUT2D eigenvalue weighted by Crippen LogP contribution is 2.48. The molecule has 154 valence electrons. The van der Waals surface area contributed by atoms with Crippen molar-refractivity contribution in [2.24, 2.45) is 0 Å². The van der Waals surface area contributed by atoms with Gasteiger partial charge in [-0.25, -0.2) is 0 Å². The molecular weight excluding hydrogens is 392 g/mol. The summed E-state index contributed by atoms with van der Waals surface area (Å²) < 4.78 is 0. The quantitative estimate of drug-likeness (QED) is 0.515. The van der Waals surface area contributed by atoms with Crippen molar-refractivity contribution in [3.05, 3.63) is 120 Å². The molecule has 3 aliphatic rings. The van der Waals surface area contributed by atoms with Crippen LogP contribution in [0.15, 0.2) is 109 Å². The van der Waals surface area contributed by atoms with Crippen LogP contribution in [0.3, 0.4) is 0 Å². The second-order valence-corrected chi connectivity index (χ2v) is 8.27. The molecule has 3 aliphatic heterocycles. The van der Waals surface area contributed by atoms with E-state index in [2.05, 4.69) is 101 Å². The molecule has 0 spiro atoms. The molecule has 0 N–H and O–H groups in total. The maximum absolute atomic E-state index is 9.10. The number of benzene rings is 3. The number of para-hydroxylation sites is 3. The van der Waals surface area contributed by atoms with Crippen LogP contribution < -0.4 is 9.80 Å². The first-order chi connectivity index (χ1) is 15.7. The van der Waals surface area contributed by atoms with E-state index in [-0.39, 0.29) is 6.17 Å². The number of hydrogen-bond donors (Lipinski definition) is 0. The summed E-state index contributed by atoms with van der Waals surface area (Å²) in [5, 5.41) is 9.10. The van der Waals surface area contributed by atoms with Crippen LogP contribution >= 0.6 is 0 Å². The van der Waals surface area contributed by atoms with Crippen LogP contribution in [0.25, 0.3) is 5.57 Å². The highest BCUT2D eigenvalue weighted by Gasteiger charge is 2.42. The minimum absolute atomic E-state index is 0.188. The molecule has 0 aromatic heterocycles. The van der Waals surface area contributed by atoms with E-state index in [4.69, 9.17) is 5.26 Å². The number of anilines is 3. The third-order valence-corrected chi connectivity index (χ3v) is 6.51. The van der Waals surface area contributed by atoms with Gasteiger partial charge in [0.1, 0.15) is 6.17 Å². The Morgan fingerprint density at radius 2 is 1.53 bits per heavy atom. The van der Waals surface area contributed by atoms with E-state index >= 15 is 0 Å². The minimum atomic E-state index is 0.188. The Bertz CT molecular complexity index is 1330. The lowest BCUT2D eigenvalue weighted by atomic mass is 9.99. The van der Waals surface area contributed by atoms with Crippen molar-refractivity contribution in [2.75, 3.05) is 16.3 Å². The fourth-order valence-electron chi connectivity index (χ4n) is 4.99. The summed E-state index contributed by atoms with van der Waals surface area (Å²) in [5.74, 6) is 0. The van der Waals surface area contributed by atoms with Gasteiger partial charge in [-0.15, -0.1) is 0 Å². The molecule has 0 saturated carbocycles. The summed E-state index contributed by atoms with van der Waals surface area (Å²) in [5.41, 5.74) is 9.11. The Morgan fingerprint density at radius 1 is 0.844 bits per heavy atom. The monoisotopic (exact) mass is 414 g/mol. The van der Waals surface area contributed by atoms with Gasteiger partial charge in [0.25, 0.3) is 0 Å². The molecule has 4 heteroatoms. The molecule has 0 bridgehead atoms. The third-order valence-electron chi connectivity index (χ3n) is 6.51. The van der Waals surface area contributed by atoms with Crippen LogP contribution in [0.4, 0.5) is 17.1 Å². The molecule has 4 nitrogen and oxygen atoms in total. The second-order valence-electron chi connectivity index (χ2n) is 8.27. The van der Waals surface area contributed by atoms with E-state index in [9.17, 15) is 0 Å². The van der Waals surface area contributed by atoms with E-state index in [0.29, 0.717) is 5.56 Å². The number of hydrogen-bond acceptors (Lipinski definition) is 4. The maximum Gasteiger partial charge on any atom is 0.129 e. The first kappa shape index (κ1) is 18.5. The highest BCUT2D eigenvalue weighted by molar-refractivity contribution is 5.87. The van der Waals surface area contributed by atoms with Gasteiger partial charge in [-0.3, -0.25) is 0 Å². The van der Waals surface area contributed by atoms with Gasteiger partial charge in [0.15, 0.2) is 0 Å². The van der Waals surface area contributed by atoms with Crippen LogP contribution in [0.5, 0.6) is 0 Å². The maximum atomic E-state index is 9.10. The normalized spacial score (nSPS) is 18.7. The zero-order valence-corrected chi connectivity index (χ0v) is 17.8. The summed E-state index contributed by atoms with van der Waals surface area (Å²) in [4.78, 5) is 7.27. The fraction of sp³-hybridized carbons (Fsp3) is 0.107. The molecular formula is C28H22N4. The summed E-state index contributed by atoms with van der Waals surface area (Å²) in [6.07, 6.45) is 6.81. The number of nitriles is 1. The summed E-state index contributed by atoms with van der Waals surface area (Å²) in [6, 6.07) is 29.3. The Morgan fingerprint density at radius 3 is 2.25 bits per heavy atom. The predicted molar refractivity (Wildman–Crippen MR) is 129 cm³/mol. The number of allylic oxidation sites excluding steroid dienone is 4. The van der Waals surface area contributed by atoms with E-state index < -0.39 is 0 Å². The van der Waals surface area contributed by atoms with Crippen molar-refractivity contribution in [1.82, 2.24) is 4.90 Å². The molecule has 0 saturated heterocycles. The van der Waals surface area contributed by atoms with Crippen molar-refractivity contribution in [2.45, 2.75) is 13.1 Å². The number of fused-ring (bicyclic) bond motifs is 4. The molecule has 3 heterocycles. The third kappa shape index (κ3) is 2.75. The van der Waals surface area contributed by atoms with Gasteiger partial charge in [-0.2, -0.15) is 5.26 Å². The van der Waals surface area contributed by atoms with Gasteiger partial charge in [0.2, 0.25) is 0 Å². The molecule has 3 aromatic rings. The fourth-order valence-corrected chi connectivity index (χ4v) is 4.99. The zero-order valence-electron chi connectivity index (χ0n) is 17.8. The van der Waals surface area contributed by atoms with E-state index in [1.54, 1.807) is 0 Å². The van der Waals surface area contributed by atoms with E-state index in [1.807, 2.05) is 24.3 Å². The van der Waals surface area contributed by atoms with Gasteiger partial charge in [-0.05, 0) is 66.6 Å². The lowest BCUT2D eigenvalue weighted by Gasteiger charge is -2.43. The molecule has 0 radical (unpaired) electrons. The van der Waals surface area contributed by atoms with Crippen molar-refractivity contribution in [3.8, 4) is 6.07 Å². The molecule has 32 heavy (non-hydrogen) atoms. The van der Waals surface area contributed by atoms with E-state index in [0.717, 1.165) is 17.7 Å². The van der Waals surface area contributed by atoms with Gasteiger partial charge < -0.3 is 14.7 Å². The summed E-state index contributed by atoms with van der Waals surface area (Å²) in [7, 11) is 0. The average Bonchev–Trinajstić information content (AvgIpc) is 3.19. The number of nitrogens with zero attached hydrogens (tertiary/aromatic N) is 4. The summed E-state index contributed by atoms with van der Waals surface area (Å²) >= 11 is 0. The molecule has 3 aromatic carbocycles. The van der Waals surface area contributed by atoms with Gasteiger partial charge in [-0.1, -0.05) is 42.5 Å². The van der Waals surface area contributed by atoms with Crippen molar-refractivity contribution < 1.29 is 0 Å². The van der Waals surface area contributed by atoms with Crippen LogP contribution in [-0.4, -0.2) is 17.6 Å². The first-order valence-electron chi connectivity index (χ1n) is 10.8. The standard InChI is InChI=1S/C28H22N4/c1-20-27-17-23(22-13-11-21(18-29)12-14-22)15-16-30(27)19-28-31(20)25-9-5-6-10-26(25)32(28)24-7-3-2-4-8-24/h2-17,28H,19H2,1H3. The van der Waals surface area contributed by atoms with Gasteiger partial charge in [0, 0.05) is 17.6 Å². The molecule has 0 aliphatic carbocycles. The molecule has 6 rings (SSSR count). The molecule has 1 atom stereocenters. The number of rotatable bonds is 2. The minimum Gasteiger partial charge on any atom is -0.343 e. The highest BCUT2D eigenvalue weighted by atomic mass is 15.5. The lowest BCUT2D eigenvalue weighted by Crippen LogP contribution is -2.51. The second kappa shape index (κ2) is 7.18. The Kier molecular flexibility index (Phi) is 4.16. The zero-order chi connectivity index (χ0) is 21.7. The van der Waals surface area contributed by atoms with Crippen molar-refractivity contribution in [3.63, 3.8) is 0 Å². The van der Waals surface area contributed by atoms with Gasteiger partial charge in [0.05, 0.1) is 35.2 Å². The Hall–Kier alpha value is -4.23. The van der Waals surface area contributed by atoms with E-state index in [1.165, 1.54) is 28.5 Å². The van der Waals surface area contributed by atoms with Crippen molar-refractivity contribution in [1.29, 1.82) is 5.26 Å². The Labute approximate surface area is 188 Å². The predicted octanol–water partition coefficient (Wildman–Crippen LogP) is 6.00. The van der Waals surface area contributed by atoms with Crippen LogP contribution in [-0.2, 0) is 0 Å². The molecule has 0 amide bonds. The topological polar surface area (TPSA) is 33.5 Å². The molecule has 1 unspecified atom stereocenters. The average molecular weight is 415 g/mol. The SMILES string of the molecule is CC1=C2C=C(c3ccc(C#N)cc3)C=CN2CC2N1c1ccccc1N2c1ccccc1. The lowest BCUT2D eigenvalue weighted by molar-refractivity contribution is 0.396. The largest absolute Gasteiger partial charge is 0.343 e. The van der Waals surface area contributed by atoms with Gasteiger partial charge >= 0.3 is 0 Å². The van der Waals surface area contributed by atoms with Crippen LogP contribution in [0, 0.1) is 11.3 Å². The molecule has 0 fully saturated rings. The van der Waals surface area contributed by atoms with Crippen LogP contribution in [0.2, 0.25) is 0 Å². The summed E-state index contributed by atoms with van der Waals surface area (Å²) in [6.45, 7) is 3.08.